The normalized spacial score (nSPS) is 10.3. The Bertz CT molecular complexity index is 330. The summed E-state index contributed by atoms with van der Waals surface area (Å²) in [4.78, 5) is 9.93. The van der Waals surface area contributed by atoms with Gasteiger partial charge in [-0.1, -0.05) is 12.5 Å². The van der Waals surface area contributed by atoms with Crippen molar-refractivity contribution in [3.05, 3.63) is 51.0 Å². The van der Waals surface area contributed by atoms with Crippen LogP contribution in [0.3, 0.4) is 0 Å². The molecule has 0 aliphatic carbocycles. The Morgan fingerprint density at radius 2 is 1.57 bits per heavy atom. The molecule has 3 radical (unpaired) electrons. The number of hydrogen-bond acceptors (Lipinski definition) is 3. The molecular formula is C15H20FeO6Si-. The molecule has 0 rings (SSSR count). The molecule has 0 aromatic carbocycles. The minimum Gasteiger partial charge on any atom is 0 e. The van der Waals surface area contributed by atoms with Gasteiger partial charge in [-0.3, -0.25) is 0 Å². The summed E-state index contributed by atoms with van der Waals surface area (Å²) < 4.78 is 32.9. The number of hydrogen-bond donors (Lipinski definition) is 0. The summed E-state index contributed by atoms with van der Waals surface area (Å²) in [6.45, 7) is 25.0. The van der Waals surface area contributed by atoms with Gasteiger partial charge in [0.05, 0.1) is 11.9 Å². The summed E-state index contributed by atoms with van der Waals surface area (Å²) >= 11 is 0. The molecule has 0 bridgehead atoms. The van der Waals surface area contributed by atoms with E-state index in [1.807, 2.05) is 25.8 Å². The second-order valence-electron chi connectivity index (χ2n) is 4.36. The molecule has 0 heterocycles. The van der Waals surface area contributed by atoms with Gasteiger partial charge >= 0.3 is 33.9 Å². The van der Waals surface area contributed by atoms with Gasteiger partial charge < -0.3 is 14.0 Å². The first kappa shape index (κ1) is 33.5. The van der Waals surface area contributed by atoms with E-state index in [1.165, 1.54) is 6.47 Å². The van der Waals surface area contributed by atoms with Gasteiger partial charge in [0.15, 0.2) is 0 Å². The van der Waals surface area contributed by atoms with Gasteiger partial charge in [-0.05, 0) is 39.9 Å². The topological polar surface area (TPSA) is 95.2 Å². The van der Waals surface area contributed by atoms with Gasteiger partial charge in [-0.25, -0.2) is 0 Å². The fourth-order valence-corrected chi connectivity index (χ4v) is 1.86. The second-order valence-corrected chi connectivity index (χ2v) is 8.79. The summed E-state index contributed by atoms with van der Waals surface area (Å²) in [5.41, 5.74) is 0. The zero-order valence-electron chi connectivity index (χ0n) is 13.7. The van der Waals surface area contributed by atoms with Crippen molar-refractivity contribution in [3.63, 3.8) is 0 Å². The molecule has 0 unspecified atom stereocenters. The molecule has 0 spiro atoms. The molecule has 0 N–H and O–H groups in total. The zero-order chi connectivity index (χ0) is 18.6. The fraction of sp³-hybridized carbons (Fsp3) is 0.400. The molecule has 129 valence electrons. The summed E-state index contributed by atoms with van der Waals surface area (Å²) in [6.07, 6.45) is 7.10. The predicted molar refractivity (Wildman–Crippen MR) is 79.1 cm³/mol. The van der Waals surface area contributed by atoms with Gasteiger partial charge in [0.1, 0.15) is 0 Å². The van der Waals surface area contributed by atoms with E-state index in [2.05, 4.69) is 44.3 Å². The van der Waals surface area contributed by atoms with E-state index in [9.17, 15) is 4.79 Å². The van der Waals surface area contributed by atoms with Crippen molar-refractivity contribution in [2.24, 2.45) is 0 Å². The monoisotopic (exact) mass is 380 g/mol. The van der Waals surface area contributed by atoms with Gasteiger partial charge in [0, 0.05) is 29.9 Å². The van der Waals surface area contributed by atoms with Gasteiger partial charge in [-0.2, -0.15) is 0 Å². The maximum atomic E-state index is 9.93. The molecule has 0 amide bonds. The van der Waals surface area contributed by atoms with Crippen LogP contribution in [0.15, 0.2) is 11.8 Å². The first-order valence-corrected chi connectivity index (χ1v) is 9.30. The van der Waals surface area contributed by atoms with E-state index in [4.69, 9.17) is 18.4 Å². The Labute approximate surface area is 150 Å². The maximum Gasteiger partial charge on any atom is 0 e. The molecule has 0 aliphatic rings. The van der Waals surface area contributed by atoms with Crippen molar-refractivity contribution in [3.8, 4) is 0 Å². The average Bonchev–Trinajstić information content (AvgIpc) is 2.51. The molecule has 8 heteroatoms. The summed E-state index contributed by atoms with van der Waals surface area (Å²) in [5, 5.41) is 0. The van der Waals surface area contributed by atoms with Crippen molar-refractivity contribution in [1.82, 2.24) is 0 Å². The Hall–Kier alpha value is -1.03. The third-order valence-electron chi connectivity index (χ3n) is 1.59. The maximum absolute atomic E-state index is 9.93. The van der Waals surface area contributed by atoms with E-state index >= 15 is 0 Å². The van der Waals surface area contributed by atoms with E-state index in [1.54, 1.807) is 13.3 Å². The van der Waals surface area contributed by atoms with Crippen molar-refractivity contribution in [2.45, 2.75) is 39.6 Å². The zero-order valence-corrected chi connectivity index (χ0v) is 15.8. The molecule has 0 aliphatic heterocycles. The van der Waals surface area contributed by atoms with Crippen LogP contribution in [-0.4, -0.2) is 20.9 Å². The average molecular weight is 380 g/mol. The third-order valence-corrected chi connectivity index (χ3v) is 2.43. The minimum atomic E-state index is -1.56. The predicted octanol–water partition coefficient (Wildman–Crippen LogP) is 2.71. The van der Waals surface area contributed by atoms with Crippen LogP contribution in [0.25, 0.3) is 0 Å². The van der Waals surface area contributed by atoms with Gasteiger partial charge in [-0.15, -0.1) is 0 Å². The third kappa shape index (κ3) is 33.7. The Kier molecular flexibility index (Phi) is 37.8. The molecule has 0 saturated carbocycles. The Morgan fingerprint density at radius 3 is 1.87 bits per heavy atom. The van der Waals surface area contributed by atoms with E-state index in [0.717, 1.165) is 5.76 Å². The van der Waals surface area contributed by atoms with Crippen molar-refractivity contribution >= 4 is 14.8 Å². The van der Waals surface area contributed by atoms with Crippen LogP contribution in [0.4, 0.5) is 0 Å². The quantitative estimate of drug-likeness (QED) is 0.280. The molecule has 6 nitrogen and oxygen atoms in total. The minimum absolute atomic E-state index is 0. The molecule has 0 fully saturated rings. The van der Waals surface area contributed by atoms with Gasteiger partial charge in [0.25, 0.3) is 0 Å². The van der Waals surface area contributed by atoms with Crippen LogP contribution in [0.5, 0.6) is 0 Å². The SMILES string of the molecule is C/C=C(\[CH][CH][CH][C@H](C)O[C-]=O)O[Si](C)(C)C.[C-]#[O+].[C-]#[O+].[C-]#[O+].[Fe]. The first-order valence-electron chi connectivity index (χ1n) is 5.90. The summed E-state index contributed by atoms with van der Waals surface area (Å²) in [7, 11) is -1.56. The Morgan fingerprint density at radius 1 is 1.13 bits per heavy atom. The largest absolute Gasteiger partial charge is 0 e. The first-order chi connectivity index (χ1) is 10.4. The molecule has 0 saturated heterocycles. The fourth-order valence-electron chi connectivity index (χ4n) is 0.965. The van der Waals surface area contributed by atoms with Gasteiger partial charge in [0.2, 0.25) is 8.32 Å². The van der Waals surface area contributed by atoms with E-state index in [-0.39, 0.29) is 23.2 Å². The van der Waals surface area contributed by atoms with Crippen LogP contribution < -0.4 is 0 Å². The van der Waals surface area contributed by atoms with Crippen LogP contribution in [0.1, 0.15) is 13.8 Å². The molecular weight excluding hydrogens is 360 g/mol. The smallest absolute Gasteiger partial charge is 0 e. The van der Waals surface area contributed by atoms with Crippen molar-refractivity contribution in [1.29, 1.82) is 0 Å². The molecule has 0 aromatic heterocycles. The Balaban J connectivity index is -0.000000137. The molecule has 1 atom stereocenters. The van der Waals surface area contributed by atoms with E-state index < -0.39 is 8.32 Å². The standard InChI is InChI=1S/C12H20O3Si.3CO.Fe/c1-6-12(15-16(3,4)5)9-7-8-11(2)14-10-13;3*1-2;/h6-9,11H,1-5H3;;;;/q-1;;;;/b12-6+;;;;/t11-;;;;/m0..../s1. The molecule has 0 aromatic rings. The van der Waals surface area contributed by atoms with Crippen molar-refractivity contribution in [2.75, 3.05) is 0 Å². The number of allylic oxidation sites excluding steroid dienone is 2. The van der Waals surface area contributed by atoms with Crippen molar-refractivity contribution < 1.29 is 45.0 Å². The summed E-state index contributed by atoms with van der Waals surface area (Å²) in [6, 6.07) is 0. The van der Waals surface area contributed by atoms with Crippen LogP contribution in [0, 0.1) is 39.2 Å². The number of ether oxygens (including phenoxy) is 1. The number of rotatable bonds is 8. The molecule has 23 heavy (non-hydrogen) atoms. The second kappa shape index (κ2) is 25.9. The van der Waals surface area contributed by atoms with Crippen LogP contribution in [0.2, 0.25) is 19.6 Å². The van der Waals surface area contributed by atoms with Crippen LogP contribution in [-0.2, 0) is 45.0 Å². The summed E-state index contributed by atoms with van der Waals surface area (Å²) in [5.74, 6) is 0.845. The van der Waals surface area contributed by atoms with E-state index in [0.29, 0.717) is 0 Å². The number of carbonyl (C=O) groups excluding carboxylic acids is 1. The van der Waals surface area contributed by atoms with Crippen LogP contribution >= 0.6 is 0 Å².